The highest BCUT2D eigenvalue weighted by molar-refractivity contribution is 5.79. The number of hydrogen-bond acceptors (Lipinski definition) is 5. The van der Waals surface area contributed by atoms with E-state index in [4.69, 9.17) is 9.47 Å². The number of aliphatic imine (C=N–C) groups is 1. The van der Waals surface area contributed by atoms with Crippen LogP contribution in [-0.2, 0) is 4.79 Å². The van der Waals surface area contributed by atoms with Crippen molar-refractivity contribution in [3.63, 3.8) is 0 Å². The maximum Gasteiger partial charge on any atom is 0.219 e. The second-order valence-electron chi connectivity index (χ2n) is 7.07. The van der Waals surface area contributed by atoms with Crippen molar-refractivity contribution in [1.82, 2.24) is 20.4 Å². The Bertz CT molecular complexity index is 659. The molecule has 1 heterocycles. The first kappa shape index (κ1) is 22.8. The molecule has 1 saturated heterocycles. The standard InChI is InChI=1S/C21H35N5O3/c1-5-22-21(23-10-11-25-12-14-26(15-13-25)18(3)27)24-16-17(2)29-20-9-7-6-8-19(20)28-4/h6-9,17H,5,10-16H2,1-4H3,(H2,22,23,24). The molecule has 1 atom stereocenters. The summed E-state index contributed by atoms with van der Waals surface area (Å²) in [6.45, 7) is 12.2. The Kier molecular flexibility index (Phi) is 9.56. The lowest BCUT2D eigenvalue weighted by Gasteiger charge is -2.34. The van der Waals surface area contributed by atoms with Gasteiger partial charge in [-0.1, -0.05) is 12.1 Å². The van der Waals surface area contributed by atoms with Crippen LogP contribution in [0.1, 0.15) is 20.8 Å². The Labute approximate surface area is 174 Å². The third kappa shape index (κ3) is 7.81. The highest BCUT2D eigenvalue weighted by atomic mass is 16.5. The maximum absolute atomic E-state index is 11.4. The van der Waals surface area contributed by atoms with Gasteiger partial charge in [-0.15, -0.1) is 0 Å². The van der Waals surface area contributed by atoms with Crippen molar-refractivity contribution >= 4 is 11.9 Å². The molecule has 1 aromatic carbocycles. The van der Waals surface area contributed by atoms with Crippen LogP contribution in [0, 0.1) is 0 Å². The maximum atomic E-state index is 11.4. The number of rotatable bonds is 9. The van der Waals surface area contributed by atoms with Gasteiger partial charge in [0.05, 0.1) is 13.7 Å². The molecule has 0 saturated carbocycles. The summed E-state index contributed by atoms with van der Waals surface area (Å²) in [7, 11) is 1.64. The predicted octanol–water partition coefficient (Wildman–Crippen LogP) is 1.18. The second-order valence-corrected chi connectivity index (χ2v) is 7.07. The van der Waals surface area contributed by atoms with Crippen molar-refractivity contribution in [2.75, 3.05) is 59.5 Å². The number of carbonyl (C=O) groups excluding carboxylic acids is 1. The Hall–Kier alpha value is -2.48. The zero-order chi connectivity index (χ0) is 21.1. The lowest BCUT2D eigenvalue weighted by atomic mass is 10.3. The fourth-order valence-corrected chi connectivity index (χ4v) is 3.15. The van der Waals surface area contributed by atoms with Gasteiger partial charge < -0.3 is 25.0 Å². The Morgan fingerprint density at radius 1 is 1.17 bits per heavy atom. The number of ether oxygens (including phenoxy) is 2. The number of methoxy groups -OCH3 is 1. The van der Waals surface area contributed by atoms with E-state index in [9.17, 15) is 4.79 Å². The molecule has 0 spiro atoms. The lowest BCUT2D eigenvalue weighted by Crippen LogP contribution is -2.50. The van der Waals surface area contributed by atoms with Crippen LogP contribution >= 0.6 is 0 Å². The van der Waals surface area contributed by atoms with Crippen molar-refractivity contribution in [2.24, 2.45) is 4.99 Å². The first-order chi connectivity index (χ1) is 14.0. The molecule has 1 unspecified atom stereocenters. The van der Waals surface area contributed by atoms with Gasteiger partial charge in [-0.25, -0.2) is 4.99 Å². The summed E-state index contributed by atoms with van der Waals surface area (Å²) < 4.78 is 11.3. The summed E-state index contributed by atoms with van der Waals surface area (Å²) in [5.41, 5.74) is 0. The summed E-state index contributed by atoms with van der Waals surface area (Å²) in [5.74, 6) is 2.39. The largest absolute Gasteiger partial charge is 0.493 e. The van der Waals surface area contributed by atoms with Gasteiger partial charge in [0.2, 0.25) is 5.91 Å². The van der Waals surface area contributed by atoms with Gasteiger partial charge in [-0.05, 0) is 26.0 Å². The van der Waals surface area contributed by atoms with E-state index in [1.807, 2.05) is 43.0 Å². The second kappa shape index (κ2) is 12.2. The number of guanidine groups is 1. The molecule has 162 valence electrons. The number of piperazine rings is 1. The van der Waals surface area contributed by atoms with E-state index in [-0.39, 0.29) is 12.0 Å². The van der Waals surface area contributed by atoms with E-state index in [1.54, 1.807) is 14.0 Å². The molecule has 0 bridgehead atoms. The van der Waals surface area contributed by atoms with Crippen LogP contribution in [0.3, 0.4) is 0 Å². The Morgan fingerprint density at radius 3 is 2.48 bits per heavy atom. The number of benzene rings is 1. The minimum absolute atomic E-state index is 0.0820. The fourth-order valence-electron chi connectivity index (χ4n) is 3.15. The molecule has 0 aromatic heterocycles. The average Bonchev–Trinajstić information content (AvgIpc) is 2.72. The number of amides is 1. The monoisotopic (exact) mass is 405 g/mol. The van der Waals surface area contributed by atoms with Gasteiger partial charge in [0.25, 0.3) is 0 Å². The van der Waals surface area contributed by atoms with Crippen LogP contribution in [0.4, 0.5) is 0 Å². The van der Waals surface area contributed by atoms with Crippen molar-refractivity contribution in [2.45, 2.75) is 26.9 Å². The van der Waals surface area contributed by atoms with Crippen LogP contribution in [0.5, 0.6) is 11.5 Å². The molecule has 1 aliphatic heterocycles. The van der Waals surface area contributed by atoms with Gasteiger partial charge in [-0.2, -0.15) is 0 Å². The molecule has 1 fully saturated rings. The highest BCUT2D eigenvalue weighted by Crippen LogP contribution is 2.26. The first-order valence-electron chi connectivity index (χ1n) is 10.3. The van der Waals surface area contributed by atoms with Crippen LogP contribution in [0.25, 0.3) is 0 Å². The molecule has 0 radical (unpaired) electrons. The van der Waals surface area contributed by atoms with E-state index in [0.717, 1.165) is 63.3 Å². The first-order valence-corrected chi connectivity index (χ1v) is 10.3. The molecule has 1 aliphatic rings. The van der Waals surface area contributed by atoms with E-state index in [1.165, 1.54) is 0 Å². The van der Waals surface area contributed by atoms with Gasteiger partial charge in [0, 0.05) is 52.7 Å². The third-order valence-corrected chi connectivity index (χ3v) is 4.79. The smallest absolute Gasteiger partial charge is 0.219 e. The number of hydrogen-bond donors (Lipinski definition) is 2. The van der Waals surface area contributed by atoms with E-state index < -0.39 is 0 Å². The fraction of sp³-hybridized carbons (Fsp3) is 0.619. The summed E-state index contributed by atoms with van der Waals surface area (Å²) in [5, 5.41) is 6.65. The zero-order valence-corrected chi connectivity index (χ0v) is 18.1. The van der Waals surface area contributed by atoms with Gasteiger partial charge in [-0.3, -0.25) is 9.69 Å². The van der Waals surface area contributed by atoms with Gasteiger partial charge in [0.1, 0.15) is 6.10 Å². The van der Waals surface area contributed by atoms with Gasteiger partial charge in [0.15, 0.2) is 17.5 Å². The SMILES string of the molecule is CCNC(=NCC(C)Oc1ccccc1OC)NCCN1CCN(C(C)=O)CC1. The van der Waals surface area contributed by atoms with E-state index in [0.29, 0.717) is 6.54 Å². The molecular weight excluding hydrogens is 370 g/mol. The normalized spacial score (nSPS) is 16.3. The predicted molar refractivity (Wildman–Crippen MR) is 116 cm³/mol. The molecule has 29 heavy (non-hydrogen) atoms. The van der Waals surface area contributed by atoms with Crippen LogP contribution in [0.15, 0.2) is 29.3 Å². The molecule has 0 aliphatic carbocycles. The molecule has 2 rings (SSSR count). The van der Waals surface area contributed by atoms with Crippen molar-refractivity contribution in [1.29, 1.82) is 0 Å². The molecule has 8 nitrogen and oxygen atoms in total. The minimum Gasteiger partial charge on any atom is -0.493 e. The van der Waals surface area contributed by atoms with E-state index >= 15 is 0 Å². The average molecular weight is 406 g/mol. The number of nitrogens with one attached hydrogen (secondary N) is 2. The van der Waals surface area contributed by atoms with Crippen molar-refractivity contribution in [3.8, 4) is 11.5 Å². The summed E-state index contributed by atoms with van der Waals surface area (Å²) >= 11 is 0. The molecule has 1 amide bonds. The van der Waals surface area contributed by atoms with Crippen LogP contribution in [0.2, 0.25) is 0 Å². The summed E-state index contributed by atoms with van der Waals surface area (Å²) in [6, 6.07) is 7.62. The minimum atomic E-state index is -0.0820. The van der Waals surface area contributed by atoms with Gasteiger partial charge >= 0.3 is 0 Å². The lowest BCUT2D eigenvalue weighted by molar-refractivity contribution is -0.130. The zero-order valence-electron chi connectivity index (χ0n) is 18.1. The number of para-hydroxylation sites is 2. The van der Waals surface area contributed by atoms with Crippen LogP contribution in [-0.4, -0.2) is 87.2 Å². The number of nitrogens with zero attached hydrogens (tertiary/aromatic N) is 3. The molecule has 8 heteroatoms. The number of carbonyl (C=O) groups is 1. The molecular formula is C21H35N5O3. The van der Waals surface area contributed by atoms with Crippen molar-refractivity contribution < 1.29 is 14.3 Å². The molecule has 2 N–H and O–H groups in total. The molecule has 1 aromatic rings. The summed E-state index contributed by atoms with van der Waals surface area (Å²) in [4.78, 5) is 20.3. The quantitative estimate of drug-likeness (QED) is 0.475. The Balaban J connectivity index is 1.76. The van der Waals surface area contributed by atoms with E-state index in [2.05, 4.69) is 20.5 Å². The van der Waals surface area contributed by atoms with Crippen molar-refractivity contribution in [3.05, 3.63) is 24.3 Å². The highest BCUT2D eigenvalue weighted by Gasteiger charge is 2.18. The summed E-state index contributed by atoms with van der Waals surface area (Å²) in [6.07, 6.45) is -0.0820. The topological polar surface area (TPSA) is 78.4 Å². The third-order valence-electron chi connectivity index (χ3n) is 4.79. The Morgan fingerprint density at radius 2 is 1.86 bits per heavy atom. The van der Waals surface area contributed by atoms with Crippen LogP contribution < -0.4 is 20.1 Å².